The van der Waals surface area contributed by atoms with Crippen LogP contribution in [0.4, 0.5) is 5.69 Å². The number of sulfonamides is 1. The van der Waals surface area contributed by atoms with Gasteiger partial charge in [0.1, 0.15) is 0 Å². The molecular formula is C18H19Cl2N3O2S2. The van der Waals surface area contributed by atoms with Crippen molar-refractivity contribution in [2.75, 3.05) is 31.5 Å². The van der Waals surface area contributed by atoms with Crippen LogP contribution >= 0.6 is 35.4 Å². The Morgan fingerprint density at radius 2 is 1.59 bits per heavy atom. The monoisotopic (exact) mass is 443 g/mol. The van der Waals surface area contributed by atoms with E-state index in [2.05, 4.69) is 5.32 Å². The van der Waals surface area contributed by atoms with Crippen molar-refractivity contribution in [2.45, 2.75) is 11.8 Å². The fourth-order valence-corrected chi connectivity index (χ4v) is 4.92. The predicted molar refractivity (Wildman–Crippen MR) is 114 cm³/mol. The molecule has 2 aromatic rings. The van der Waals surface area contributed by atoms with Gasteiger partial charge in [0.05, 0.1) is 4.90 Å². The van der Waals surface area contributed by atoms with Gasteiger partial charge in [0.15, 0.2) is 5.11 Å². The summed E-state index contributed by atoms with van der Waals surface area (Å²) in [6, 6.07) is 11.8. The second-order valence-electron chi connectivity index (χ2n) is 6.23. The number of piperazine rings is 1. The van der Waals surface area contributed by atoms with Crippen molar-refractivity contribution >= 4 is 56.2 Å². The fraction of sp³-hybridized carbons (Fsp3) is 0.278. The Labute approximate surface area is 174 Å². The van der Waals surface area contributed by atoms with Gasteiger partial charge in [-0.25, -0.2) is 8.42 Å². The quantitative estimate of drug-likeness (QED) is 0.726. The maximum Gasteiger partial charge on any atom is 0.243 e. The van der Waals surface area contributed by atoms with E-state index >= 15 is 0 Å². The number of nitrogens with zero attached hydrogens (tertiary/aromatic N) is 2. The van der Waals surface area contributed by atoms with E-state index in [-0.39, 0.29) is 4.90 Å². The molecule has 0 aliphatic carbocycles. The molecule has 0 amide bonds. The van der Waals surface area contributed by atoms with Gasteiger partial charge in [-0.15, -0.1) is 0 Å². The Balaban J connectivity index is 1.62. The van der Waals surface area contributed by atoms with Crippen LogP contribution in [0.25, 0.3) is 0 Å². The zero-order valence-corrected chi connectivity index (χ0v) is 17.8. The molecule has 0 unspecified atom stereocenters. The molecule has 2 aromatic carbocycles. The summed E-state index contributed by atoms with van der Waals surface area (Å²) in [5.74, 6) is 0. The number of rotatable bonds is 3. The van der Waals surface area contributed by atoms with E-state index in [1.54, 1.807) is 18.2 Å². The Bertz CT molecular complexity index is 942. The van der Waals surface area contributed by atoms with E-state index in [0.717, 1.165) is 11.3 Å². The Morgan fingerprint density at radius 3 is 2.19 bits per heavy atom. The van der Waals surface area contributed by atoms with Crippen LogP contribution in [-0.4, -0.2) is 48.9 Å². The molecule has 144 valence electrons. The third-order valence-electron chi connectivity index (χ3n) is 4.41. The van der Waals surface area contributed by atoms with Gasteiger partial charge in [-0.2, -0.15) is 4.31 Å². The van der Waals surface area contributed by atoms with Gasteiger partial charge in [-0.05, 0) is 67.2 Å². The first-order valence-corrected chi connectivity index (χ1v) is 11.0. The average Bonchev–Trinajstić information content (AvgIpc) is 2.64. The van der Waals surface area contributed by atoms with E-state index in [1.807, 2.05) is 24.0 Å². The third-order valence-corrected chi connectivity index (χ3v) is 7.17. The van der Waals surface area contributed by atoms with E-state index in [4.69, 9.17) is 35.4 Å². The summed E-state index contributed by atoms with van der Waals surface area (Å²) >= 11 is 17.3. The second-order valence-corrected chi connectivity index (χ2v) is 9.43. The van der Waals surface area contributed by atoms with Gasteiger partial charge in [0.25, 0.3) is 0 Å². The maximum atomic E-state index is 12.7. The number of aryl methyl sites for hydroxylation is 1. The van der Waals surface area contributed by atoms with Crippen LogP contribution in [0.1, 0.15) is 5.56 Å². The zero-order chi connectivity index (χ0) is 19.6. The highest BCUT2D eigenvalue weighted by Gasteiger charge is 2.29. The largest absolute Gasteiger partial charge is 0.346 e. The lowest BCUT2D eigenvalue weighted by molar-refractivity contribution is 0.268. The SMILES string of the molecule is Cc1cc(Cl)ccc1NC(=S)N1CCN(S(=O)(=O)c2ccc(Cl)cc2)CC1. The fourth-order valence-electron chi connectivity index (χ4n) is 2.85. The van der Waals surface area contributed by atoms with Gasteiger partial charge in [0.2, 0.25) is 10.0 Å². The van der Waals surface area contributed by atoms with Crippen LogP contribution in [0, 0.1) is 6.92 Å². The molecule has 1 N–H and O–H groups in total. The zero-order valence-electron chi connectivity index (χ0n) is 14.7. The van der Waals surface area contributed by atoms with Crippen molar-refractivity contribution in [3.8, 4) is 0 Å². The number of nitrogens with one attached hydrogen (secondary N) is 1. The second kappa shape index (κ2) is 8.32. The molecule has 5 nitrogen and oxygen atoms in total. The van der Waals surface area contributed by atoms with Crippen molar-refractivity contribution in [2.24, 2.45) is 0 Å². The van der Waals surface area contributed by atoms with Crippen molar-refractivity contribution in [1.29, 1.82) is 0 Å². The molecule has 0 atom stereocenters. The first kappa shape index (κ1) is 20.4. The minimum Gasteiger partial charge on any atom is -0.346 e. The predicted octanol–water partition coefficient (Wildman–Crippen LogP) is 4.01. The summed E-state index contributed by atoms with van der Waals surface area (Å²) in [4.78, 5) is 2.22. The van der Waals surface area contributed by atoms with E-state index in [9.17, 15) is 8.42 Å². The highest BCUT2D eigenvalue weighted by molar-refractivity contribution is 7.89. The van der Waals surface area contributed by atoms with Crippen LogP contribution in [0.3, 0.4) is 0 Å². The molecule has 1 aliphatic rings. The van der Waals surface area contributed by atoms with Crippen molar-refractivity contribution in [1.82, 2.24) is 9.21 Å². The van der Waals surface area contributed by atoms with Gasteiger partial charge in [0, 0.05) is 41.9 Å². The summed E-state index contributed by atoms with van der Waals surface area (Å²) in [5.41, 5.74) is 1.88. The molecule has 9 heteroatoms. The molecule has 1 saturated heterocycles. The number of hydrogen-bond donors (Lipinski definition) is 1. The van der Waals surface area contributed by atoms with Crippen molar-refractivity contribution in [3.63, 3.8) is 0 Å². The summed E-state index contributed by atoms with van der Waals surface area (Å²) < 4.78 is 27.0. The highest BCUT2D eigenvalue weighted by atomic mass is 35.5. The molecule has 0 bridgehead atoms. The van der Waals surface area contributed by atoms with Crippen LogP contribution in [0.2, 0.25) is 10.0 Å². The average molecular weight is 444 g/mol. The molecule has 0 saturated carbocycles. The molecule has 1 aliphatic heterocycles. The molecule has 1 heterocycles. The third kappa shape index (κ3) is 4.73. The van der Waals surface area contributed by atoms with E-state index in [0.29, 0.717) is 41.3 Å². The van der Waals surface area contributed by atoms with Gasteiger partial charge >= 0.3 is 0 Å². The summed E-state index contributed by atoms with van der Waals surface area (Å²) in [6.07, 6.45) is 0. The first-order chi connectivity index (χ1) is 12.8. The Hall–Kier alpha value is -1.38. The minimum absolute atomic E-state index is 0.248. The van der Waals surface area contributed by atoms with E-state index in [1.165, 1.54) is 16.4 Å². The lowest BCUT2D eigenvalue weighted by Gasteiger charge is -2.35. The number of anilines is 1. The van der Waals surface area contributed by atoms with Crippen molar-refractivity contribution in [3.05, 3.63) is 58.1 Å². The molecule has 3 rings (SSSR count). The minimum atomic E-state index is -3.53. The van der Waals surface area contributed by atoms with Crippen LogP contribution in [0.5, 0.6) is 0 Å². The van der Waals surface area contributed by atoms with Crippen molar-refractivity contribution < 1.29 is 8.42 Å². The molecular weight excluding hydrogens is 425 g/mol. The molecule has 1 fully saturated rings. The lowest BCUT2D eigenvalue weighted by Crippen LogP contribution is -2.51. The van der Waals surface area contributed by atoms with Crippen LogP contribution in [0.15, 0.2) is 47.4 Å². The van der Waals surface area contributed by atoms with Crippen LogP contribution in [-0.2, 0) is 10.0 Å². The Kier molecular flexibility index (Phi) is 6.28. The number of halogens is 2. The first-order valence-electron chi connectivity index (χ1n) is 8.35. The van der Waals surface area contributed by atoms with Crippen LogP contribution < -0.4 is 5.32 Å². The van der Waals surface area contributed by atoms with Gasteiger partial charge in [-0.1, -0.05) is 23.2 Å². The molecule has 27 heavy (non-hydrogen) atoms. The number of hydrogen-bond acceptors (Lipinski definition) is 3. The summed E-state index contributed by atoms with van der Waals surface area (Å²) in [7, 11) is -3.53. The topological polar surface area (TPSA) is 52.6 Å². The molecule has 0 aromatic heterocycles. The number of thiocarbonyl (C=S) groups is 1. The Morgan fingerprint density at radius 1 is 1.00 bits per heavy atom. The van der Waals surface area contributed by atoms with Gasteiger partial charge < -0.3 is 10.2 Å². The lowest BCUT2D eigenvalue weighted by atomic mass is 10.2. The molecule has 0 radical (unpaired) electrons. The summed E-state index contributed by atoms with van der Waals surface area (Å²) in [5, 5.41) is 4.97. The van der Waals surface area contributed by atoms with Gasteiger partial charge in [-0.3, -0.25) is 0 Å². The maximum absolute atomic E-state index is 12.7. The normalized spacial score (nSPS) is 15.6. The molecule has 0 spiro atoms. The standard InChI is InChI=1S/C18H19Cl2N3O2S2/c1-13-12-15(20)4-7-17(13)21-18(26)22-8-10-23(11-9-22)27(24,25)16-5-2-14(19)3-6-16/h2-7,12H,8-11H2,1H3,(H,21,26). The summed E-state index contributed by atoms with van der Waals surface area (Å²) in [6.45, 7) is 3.72. The highest BCUT2D eigenvalue weighted by Crippen LogP contribution is 2.22. The van der Waals surface area contributed by atoms with E-state index < -0.39 is 10.0 Å². The smallest absolute Gasteiger partial charge is 0.243 e. The number of benzene rings is 2.